The number of aliphatic hydroxyl groups is 1. The molecule has 0 unspecified atom stereocenters. The minimum atomic E-state index is -1.21. The van der Waals surface area contributed by atoms with Crippen LogP contribution in [0.5, 0.6) is 0 Å². The summed E-state index contributed by atoms with van der Waals surface area (Å²) >= 11 is 2.94. The van der Waals surface area contributed by atoms with Crippen molar-refractivity contribution in [3.8, 4) is 0 Å². The zero-order valence-corrected chi connectivity index (χ0v) is 15.2. The van der Waals surface area contributed by atoms with Gasteiger partial charge in [-0.2, -0.15) is 0 Å². The molecular formula is C19H19NO3S2. The summed E-state index contributed by atoms with van der Waals surface area (Å²) in [6.07, 6.45) is 0. The van der Waals surface area contributed by atoms with E-state index in [1.54, 1.807) is 0 Å². The molecule has 0 aliphatic heterocycles. The van der Waals surface area contributed by atoms with Gasteiger partial charge < -0.3 is 15.2 Å². The van der Waals surface area contributed by atoms with Crippen molar-refractivity contribution in [3.63, 3.8) is 0 Å². The van der Waals surface area contributed by atoms with E-state index in [2.05, 4.69) is 5.32 Å². The molecule has 25 heavy (non-hydrogen) atoms. The van der Waals surface area contributed by atoms with Gasteiger partial charge in [-0.3, -0.25) is 4.79 Å². The van der Waals surface area contributed by atoms with Crippen LogP contribution < -0.4 is 5.32 Å². The lowest BCUT2D eigenvalue weighted by Gasteiger charge is -2.26. The van der Waals surface area contributed by atoms with E-state index in [0.29, 0.717) is 6.61 Å². The maximum Gasteiger partial charge on any atom is 0.246 e. The predicted molar refractivity (Wildman–Crippen MR) is 101 cm³/mol. The molecule has 2 aromatic heterocycles. The zero-order valence-electron chi connectivity index (χ0n) is 13.6. The molecule has 2 heterocycles. The van der Waals surface area contributed by atoms with Gasteiger partial charge in [0.1, 0.15) is 12.2 Å². The molecule has 4 nitrogen and oxygen atoms in total. The molecule has 2 N–H and O–H groups in total. The highest BCUT2D eigenvalue weighted by atomic mass is 32.1. The summed E-state index contributed by atoms with van der Waals surface area (Å²) in [5.41, 5.74) is -0.193. The lowest BCUT2D eigenvalue weighted by molar-refractivity contribution is -0.127. The molecule has 0 radical (unpaired) electrons. The van der Waals surface area contributed by atoms with E-state index in [0.717, 1.165) is 15.3 Å². The van der Waals surface area contributed by atoms with E-state index in [9.17, 15) is 9.90 Å². The third-order valence-electron chi connectivity index (χ3n) is 3.74. The number of carbonyl (C=O) groups is 1. The molecule has 130 valence electrons. The predicted octanol–water partition coefficient (Wildman–Crippen LogP) is 3.38. The number of amides is 1. The van der Waals surface area contributed by atoms with E-state index in [1.165, 1.54) is 22.7 Å². The molecule has 1 aromatic carbocycles. The first-order chi connectivity index (χ1) is 12.2. The van der Waals surface area contributed by atoms with Gasteiger partial charge in [0.2, 0.25) is 5.91 Å². The first-order valence-electron chi connectivity index (χ1n) is 7.87. The van der Waals surface area contributed by atoms with Crippen LogP contribution in [0.3, 0.4) is 0 Å². The summed E-state index contributed by atoms with van der Waals surface area (Å²) in [4.78, 5) is 13.7. The summed E-state index contributed by atoms with van der Waals surface area (Å²) < 4.78 is 5.44. The second-order valence-electron chi connectivity index (χ2n) is 5.57. The highest BCUT2D eigenvalue weighted by Crippen LogP contribution is 2.34. The quantitative estimate of drug-likeness (QED) is 0.636. The molecule has 3 rings (SSSR count). The van der Waals surface area contributed by atoms with Gasteiger partial charge in [0, 0.05) is 9.75 Å². The second-order valence-corrected chi connectivity index (χ2v) is 7.47. The summed E-state index contributed by atoms with van der Waals surface area (Å²) in [5, 5.41) is 17.8. The minimum absolute atomic E-state index is 0.0418. The topological polar surface area (TPSA) is 58.6 Å². The largest absolute Gasteiger partial charge is 0.377 e. The van der Waals surface area contributed by atoms with E-state index in [-0.39, 0.29) is 19.1 Å². The summed E-state index contributed by atoms with van der Waals surface area (Å²) in [7, 11) is 0. The number of thiophene rings is 2. The molecule has 0 aliphatic carbocycles. The van der Waals surface area contributed by atoms with Gasteiger partial charge in [-0.25, -0.2) is 0 Å². The van der Waals surface area contributed by atoms with Crippen LogP contribution in [-0.2, 0) is 21.7 Å². The molecular weight excluding hydrogens is 354 g/mol. The Hall–Kier alpha value is -1.99. The fourth-order valence-corrected chi connectivity index (χ4v) is 4.18. The monoisotopic (exact) mass is 373 g/mol. The van der Waals surface area contributed by atoms with Gasteiger partial charge in [0.25, 0.3) is 0 Å². The van der Waals surface area contributed by atoms with Crippen molar-refractivity contribution in [2.75, 3.05) is 13.2 Å². The first kappa shape index (κ1) is 17.8. The van der Waals surface area contributed by atoms with Crippen molar-refractivity contribution < 1.29 is 14.6 Å². The van der Waals surface area contributed by atoms with E-state index < -0.39 is 5.60 Å². The second kappa shape index (κ2) is 8.40. The SMILES string of the molecule is O=C(COCc1ccccc1)NCC(O)(c1cccs1)c1cccs1. The third kappa shape index (κ3) is 4.55. The van der Waals surface area contributed by atoms with Gasteiger partial charge in [0.05, 0.1) is 13.2 Å². The van der Waals surface area contributed by atoms with Crippen molar-refractivity contribution >= 4 is 28.6 Å². The highest BCUT2D eigenvalue weighted by Gasteiger charge is 2.34. The van der Waals surface area contributed by atoms with Gasteiger partial charge >= 0.3 is 0 Å². The lowest BCUT2D eigenvalue weighted by atomic mass is 10.00. The van der Waals surface area contributed by atoms with Crippen molar-refractivity contribution in [1.82, 2.24) is 5.32 Å². The number of carbonyl (C=O) groups excluding carboxylic acids is 1. The molecule has 0 fully saturated rings. The minimum Gasteiger partial charge on any atom is -0.377 e. The normalized spacial score (nSPS) is 11.4. The van der Waals surface area contributed by atoms with Gasteiger partial charge in [-0.15, -0.1) is 22.7 Å². The third-order valence-corrected chi connectivity index (χ3v) is 5.79. The standard InChI is InChI=1S/C19H19NO3S2/c21-18(13-23-12-15-6-2-1-3-7-15)20-14-19(22,16-8-4-10-24-16)17-9-5-11-25-17/h1-11,22H,12-14H2,(H,20,21). The number of ether oxygens (including phenoxy) is 1. The van der Waals surface area contributed by atoms with Crippen LogP contribution in [0.2, 0.25) is 0 Å². The Morgan fingerprint density at radius 3 is 2.20 bits per heavy atom. The van der Waals surface area contributed by atoms with Crippen molar-refractivity contribution in [2.45, 2.75) is 12.2 Å². The Balaban J connectivity index is 1.55. The zero-order chi connectivity index (χ0) is 17.5. The highest BCUT2D eigenvalue weighted by molar-refractivity contribution is 7.11. The van der Waals surface area contributed by atoms with Crippen LogP contribution in [-0.4, -0.2) is 24.2 Å². The fourth-order valence-electron chi connectivity index (χ4n) is 2.44. The molecule has 0 saturated heterocycles. The summed E-state index contributed by atoms with van der Waals surface area (Å²) in [6.45, 7) is 0.454. The number of rotatable bonds is 8. The Kier molecular flexibility index (Phi) is 5.99. The molecule has 0 spiro atoms. The van der Waals surface area contributed by atoms with Crippen LogP contribution in [0.25, 0.3) is 0 Å². The summed E-state index contributed by atoms with van der Waals surface area (Å²) in [5.74, 6) is -0.248. The number of hydrogen-bond acceptors (Lipinski definition) is 5. The molecule has 3 aromatic rings. The average molecular weight is 373 g/mol. The van der Waals surface area contributed by atoms with Crippen LogP contribution in [0, 0.1) is 0 Å². The number of nitrogens with one attached hydrogen (secondary N) is 1. The van der Waals surface area contributed by atoms with Crippen molar-refractivity contribution in [3.05, 3.63) is 80.7 Å². The van der Waals surface area contributed by atoms with Gasteiger partial charge in [-0.05, 0) is 28.5 Å². The number of benzene rings is 1. The molecule has 0 aliphatic rings. The van der Waals surface area contributed by atoms with Crippen LogP contribution in [0.4, 0.5) is 0 Å². The average Bonchev–Trinajstić information content (AvgIpc) is 3.34. The molecule has 1 amide bonds. The van der Waals surface area contributed by atoms with Crippen LogP contribution in [0.15, 0.2) is 65.4 Å². The molecule has 6 heteroatoms. The van der Waals surface area contributed by atoms with Crippen LogP contribution in [0.1, 0.15) is 15.3 Å². The molecule has 0 bridgehead atoms. The smallest absolute Gasteiger partial charge is 0.246 e. The maximum absolute atomic E-state index is 12.1. The van der Waals surface area contributed by atoms with Gasteiger partial charge in [0.15, 0.2) is 0 Å². The van der Waals surface area contributed by atoms with E-state index in [4.69, 9.17) is 4.74 Å². The lowest BCUT2D eigenvalue weighted by Crippen LogP contribution is -2.41. The van der Waals surface area contributed by atoms with Crippen molar-refractivity contribution in [1.29, 1.82) is 0 Å². The summed E-state index contributed by atoms with van der Waals surface area (Å²) in [6, 6.07) is 17.2. The number of hydrogen-bond donors (Lipinski definition) is 2. The fraction of sp³-hybridized carbons (Fsp3) is 0.211. The Labute approximate surface area is 154 Å². The van der Waals surface area contributed by atoms with E-state index >= 15 is 0 Å². The first-order valence-corrected chi connectivity index (χ1v) is 9.63. The van der Waals surface area contributed by atoms with Crippen LogP contribution >= 0.6 is 22.7 Å². The van der Waals surface area contributed by atoms with E-state index in [1.807, 2.05) is 65.4 Å². The van der Waals surface area contributed by atoms with Crippen molar-refractivity contribution in [2.24, 2.45) is 0 Å². The maximum atomic E-state index is 12.1. The molecule has 0 atom stereocenters. The Morgan fingerprint density at radius 1 is 1.00 bits per heavy atom. The Bertz CT molecular complexity index is 736. The Morgan fingerprint density at radius 2 is 1.64 bits per heavy atom. The van der Waals surface area contributed by atoms with Gasteiger partial charge in [-0.1, -0.05) is 42.5 Å². The molecule has 0 saturated carbocycles.